The Morgan fingerprint density at radius 3 is 2.88 bits per heavy atom. The zero-order valence-corrected chi connectivity index (χ0v) is 10.4. The SMILES string of the molecule is CCC1CCC(C)N1S(=O)(=O)c1cn[nH]c1. The normalized spacial score (nSPS) is 27.4. The molecule has 1 aromatic heterocycles. The molecule has 2 rings (SSSR count). The number of sulfonamides is 1. The molecule has 16 heavy (non-hydrogen) atoms. The van der Waals surface area contributed by atoms with Crippen molar-refractivity contribution in [3.8, 4) is 0 Å². The Balaban J connectivity index is 2.36. The lowest BCUT2D eigenvalue weighted by molar-refractivity contribution is 0.329. The van der Waals surface area contributed by atoms with Crippen molar-refractivity contribution in [3.63, 3.8) is 0 Å². The summed E-state index contributed by atoms with van der Waals surface area (Å²) in [5.74, 6) is 0. The van der Waals surface area contributed by atoms with Gasteiger partial charge >= 0.3 is 0 Å². The van der Waals surface area contributed by atoms with Crippen LogP contribution in [-0.2, 0) is 10.0 Å². The van der Waals surface area contributed by atoms with Crippen LogP contribution < -0.4 is 0 Å². The van der Waals surface area contributed by atoms with Crippen LogP contribution in [-0.4, -0.2) is 35.0 Å². The van der Waals surface area contributed by atoms with Crippen LogP contribution in [0.3, 0.4) is 0 Å². The molecule has 0 spiro atoms. The van der Waals surface area contributed by atoms with Gasteiger partial charge in [0.1, 0.15) is 4.90 Å². The molecule has 0 amide bonds. The third-order valence-corrected chi connectivity index (χ3v) is 5.26. The average Bonchev–Trinajstić information content (AvgIpc) is 2.85. The van der Waals surface area contributed by atoms with Crippen LogP contribution in [0.4, 0.5) is 0 Å². The smallest absolute Gasteiger partial charge is 0.246 e. The second-order valence-electron chi connectivity index (χ2n) is 4.26. The predicted octanol–water partition coefficient (Wildman–Crippen LogP) is 1.36. The number of nitrogens with one attached hydrogen (secondary N) is 1. The summed E-state index contributed by atoms with van der Waals surface area (Å²) in [7, 11) is -3.37. The first-order chi connectivity index (χ1) is 7.57. The van der Waals surface area contributed by atoms with Gasteiger partial charge < -0.3 is 0 Å². The Kier molecular flexibility index (Phi) is 3.03. The van der Waals surface area contributed by atoms with Crippen molar-refractivity contribution < 1.29 is 8.42 Å². The summed E-state index contributed by atoms with van der Waals surface area (Å²) in [6.45, 7) is 3.99. The van der Waals surface area contributed by atoms with E-state index < -0.39 is 10.0 Å². The molecule has 1 aromatic rings. The minimum absolute atomic E-state index is 0.0878. The van der Waals surface area contributed by atoms with Crippen molar-refractivity contribution in [3.05, 3.63) is 12.4 Å². The molecule has 1 N–H and O–H groups in total. The topological polar surface area (TPSA) is 66.1 Å². The summed E-state index contributed by atoms with van der Waals surface area (Å²) in [5, 5.41) is 6.26. The van der Waals surface area contributed by atoms with Crippen LogP contribution in [0.15, 0.2) is 17.3 Å². The Morgan fingerprint density at radius 1 is 1.56 bits per heavy atom. The molecule has 90 valence electrons. The summed E-state index contributed by atoms with van der Waals surface area (Å²) >= 11 is 0. The summed E-state index contributed by atoms with van der Waals surface area (Å²) in [6, 6.07) is 0.222. The predicted molar refractivity (Wildman–Crippen MR) is 60.4 cm³/mol. The summed E-state index contributed by atoms with van der Waals surface area (Å²) in [6.07, 6.45) is 5.56. The molecule has 1 saturated heterocycles. The number of nitrogens with zero attached hydrogens (tertiary/aromatic N) is 2. The quantitative estimate of drug-likeness (QED) is 0.871. The van der Waals surface area contributed by atoms with E-state index in [-0.39, 0.29) is 17.0 Å². The molecular weight excluding hydrogens is 226 g/mol. The van der Waals surface area contributed by atoms with E-state index in [9.17, 15) is 8.42 Å². The first kappa shape index (κ1) is 11.6. The molecule has 0 saturated carbocycles. The lowest BCUT2D eigenvalue weighted by Crippen LogP contribution is -2.39. The fraction of sp³-hybridized carbons (Fsp3) is 0.700. The van der Waals surface area contributed by atoms with Crippen LogP contribution in [0.5, 0.6) is 0 Å². The van der Waals surface area contributed by atoms with Crippen molar-refractivity contribution in [2.45, 2.75) is 50.1 Å². The number of rotatable bonds is 3. The summed E-state index contributed by atoms with van der Waals surface area (Å²) in [5.41, 5.74) is 0. The molecule has 2 heterocycles. The fourth-order valence-corrected chi connectivity index (χ4v) is 4.22. The fourth-order valence-electron chi connectivity index (χ4n) is 2.37. The third kappa shape index (κ3) is 1.76. The van der Waals surface area contributed by atoms with E-state index >= 15 is 0 Å². The van der Waals surface area contributed by atoms with Crippen molar-refractivity contribution in [2.24, 2.45) is 0 Å². The van der Waals surface area contributed by atoms with Gasteiger partial charge in [-0.2, -0.15) is 9.40 Å². The first-order valence-corrected chi connectivity index (χ1v) is 7.03. The molecule has 0 aromatic carbocycles. The van der Waals surface area contributed by atoms with Gasteiger partial charge in [0.05, 0.1) is 6.20 Å². The highest BCUT2D eigenvalue weighted by Gasteiger charge is 2.39. The molecule has 0 bridgehead atoms. The highest BCUT2D eigenvalue weighted by atomic mass is 32.2. The van der Waals surface area contributed by atoms with Crippen molar-refractivity contribution >= 4 is 10.0 Å². The van der Waals surface area contributed by atoms with Gasteiger partial charge in [0.25, 0.3) is 0 Å². The molecule has 6 heteroatoms. The second-order valence-corrected chi connectivity index (χ2v) is 6.10. The zero-order valence-electron chi connectivity index (χ0n) is 9.55. The van der Waals surface area contributed by atoms with Crippen molar-refractivity contribution in [1.29, 1.82) is 0 Å². The maximum Gasteiger partial charge on any atom is 0.246 e. The van der Waals surface area contributed by atoms with Crippen molar-refractivity contribution in [1.82, 2.24) is 14.5 Å². The molecule has 0 radical (unpaired) electrons. The van der Waals surface area contributed by atoms with E-state index in [1.807, 2.05) is 13.8 Å². The number of hydrogen-bond acceptors (Lipinski definition) is 3. The van der Waals surface area contributed by atoms with Crippen LogP contribution in [0, 0.1) is 0 Å². The molecular formula is C10H17N3O2S. The van der Waals surface area contributed by atoms with Crippen LogP contribution in [0.2, 0.25) is 0 Å². The van der Waals surface area contributed by atoms with Gasteiger partial charge in [0.2, 0.25) is 10.0 Å². The Labute approximate surface area is 95.9 Å². The van der Waals surface area contributed by atoms with Gasteiger partial charge in [-0.05, 0) is 26.2 Å². The number of aromatic amines is 1. The Hall–Kier alpha value is -0.880. The van der Waals surface area contributed by atoms with Crippen LogP contribution in [0.1, 0.15) is 33.1 Å². The van der Waals surface area contributed by atoms with E-state index in [0.29, 0.717) is 0 Å². The lowest BCUT2D eigenvalue weighted by Gasteiger charge is -2.26. The van der Waals surface area contributed by atoms with Gasteiger partial charge in [0.15, 0.2) is 0 Å². The molecule has 0 aliphatic carbocycles. The maximum absolute atomic E-state index is 12.3. The Bertz CT molecular complexity index is 441. The van der Waals surface area contributed by atoms with Gasteiger partial charge in [0, 0.05) is 18.3 Å². The number of hydrogen-bond donors (Lipinski definition) is 1. The molecule has 1 fully saturated rings. The number of aromatic nitrogens is 2. The summed E-state index contributed by atoms with van der Waals surface area (Å²) in [4.78, 5) is 0.264. The van der Waals surface area contributed by atoms with Gasteiger partial charge in [-0.1, -0.05) is 6.92 Å². The number of H-pyrrole nitrogens is 1. The van der Waals surface area contributed by atoms with Crippen LogP contribution >= 0.6 is 0 Å². The largest absolute Gasteiger partial charge is 0.284 e. The maximum atomic E-state index is 12.3. The van der Waals surface area contributed by atoms with Gasteiger partial charge in [-0.15, -0.1) is 0 Å². The lowest BCUT2D eigenvalue weighted by atomic mass is 10.2. The van der Waals surface area contributed by atoms with E-state index in [4.69, 9.17) is 0 Å². The highest BCUT2D eigenvalue weighted by molar-refractivity contribution is 7.89. The first-order valence-electron chi connectivity index (χ1n) is 5.59. The third-order valence-electron chi connectivity index (χ3n) is 3.23. The minimum atomic E-state index is -3.37. The monoisotopic (exact) mass is 243 g/mol. The molecule has 5 nitrogen and oxygen atoms in total. The molecule has 1 aliphatic rings. The van der Waals surface area contributed by atoms with Crippen LogP contribution in [0.25, 0.3) is 0 Å². The molecule has 2 atom stereocenters. The van der Waals surface area contributed by atoms with E-state index in [1.54, 1.807) is 4.31 Å². The minimum Gasteiger partial charge on any atom is -0.284 e. The summed E-state index contributed by atoms with van der Waals surface area (Å²) < 4.78 is 26.3. The molecule has 1 aliphatic heterocycles. The van der Waals surface area contributed by atoms with Gasteiger partial charge in [-0.25, -0.2) is 8.42 Å². The van der Waals surface area contributed by atoms with E-state index in [1.165, 1.54) is 12.4 Å². The molecule has 2 unspecified atom stereocenters. The standard InChI is InChI=1S/C10H17N3O2S/c1-3-9-5-4-8(2)13(9)16(14,15)10-6-11-12-7-10/h6-9H,3-5H2,1-2H3,(H,11,12). The van der Waals surface area contributed by atoms with Gasteiger partial charge in [-0.3, -0.25) is 5.10 Å². The Morgan fingerprint density at radius 2 is 2.31 bits per heavy atom. The van der Waals surface area contributed by atoms with E-state index in [0.717, 1.165) is 19.3 Å². The zero-order chi connectivity index (χ0) is 11.8. The highest BCUT2D eigenvalue weighted by Crippen LogP contribution is 2.31. The van der Waals surface area contributed by atoms with E-state index in [2.05, 4.69) is 10.2 Å². The second kappa shape index (κ2) is 4.18. The van der Waals surface area contributed by atoms with Crippen molar-refractivity contribution in [2.75, 3.05) is 0 Å². The average molecular weight is 243 g/mol.